The van der Waals surface area contributed by atoms with Crippen molar-refractivity contribution in [1.29, 1.82) is 0 Å². The van der Waals surface area contributed by atoms with Crippen molar-refractivity contribution in [2.24, 2.45) is 5.92 Å². The van der Waals surface area contributed by atoms with E-state index in [9.17, 15) is 18.0 Å². The lowest BCUT2D eigenvalue weighted by Crippen LogP contribution is -2.50. The third-order valence-corrected chi connectivity index (χ3v) is 6.60. The summed E-state index contributed by atoms with van der Waals surface area (Å²) >= 11 is 0. The van der Waals surface area contributed by atoms with Crippen molar-refractivity contribution in [2.45, 2.75) is 12.7 Å². The molecule has 6 nitrogen and oxygen atoms in total. The van der Waals surface area contributed by atoms with E-state index in [0.717, 1.165) is 41.6 Å². The molecule has 5 rings (SSSR count). The SMILES string of the molecule is COC(=O)C1CN(c2cccc(-n3cc(CN4CCOCC4)c4cc(C(F)(F)F)ccc43)c2)C1. The van der Waals surface area contributed by atoms with Crippen LogP contribution in [-0.2, 0) is 27.0 Å². The van der Waals surface area contributed by atoms with Gasteiger partial charge in [0.2, 0.25) is 0 Å². The van der Waals surface area contributed by atoms with E-state index < -0.39 is 11.7 Å². The first-order valence-corrected chi connectivity index (χ1v) is 11.3. The summed E-state index contributed by atoms with van der Waals surface area (Å²) in [6.07, 6.45) is -2.47. The maximum atomic E-state index is 13.5. The summed E-state index contributed by atoms with van der Waals surface area (Å²) in [5, 5.41) is 0.599. The Labute approximate surface area is 195 Å². The van der Waals surface area contributed by atoms with Gasteiger partial charge in [0.1, 0.15) is 0 Å². The van der Waals surface area contributed by atoms with Crippen LogP contribution in [0.15, 0.2) is 48.7 Å². The molecule has 0 saturated carbocycles. The van der Waals surface area contributed by atoms with Crippen LogP contribution in [0.4, 0.5) is 18.9 Å². The number of fused-ring (bicyclic) bond motifs is 1. The fourth-order valence-corrected chi connectivity index (χ4v) is 4.66. The van der Waals surface area contributed by atoms with E-state index in [4.69, 9.17) is 9.47 Å². The summed E-state index contributed by atoms with van der Waals surface area (Å²) in [6.45, 7) is 4.46. The Hall–Kier alpha value is -3.04. The molecule has 2 aromatic carbocycles. The maximum absolute atomic E-state index is 13.5. The standard InChI is InChI=1S/C25H26F3N3O3/c1-33-24(32)18-14-30(15-18)20-3-2-4-21(12-20)31-16-17(13-29-7-9-34-10-8-29)22-11-19(25(26,27)28)5-6-23(22)31/h2-6,11-12,16,18H,7-10,13-15H2,1H3. The first-order valence-electron chi connectivity index (χ1n) is 11.3. The fraction of sp³-hybridized carbons (Fsp3) is 0.400. The van der Waals surface area contributed by atoms with Gasteiger partial charge in [-0.1, -0.05) is 6.07 Å². The minimum Gasteiger partial charge on any atom is -0.469 e. The van der Waals surface area contributed by atoms with Gasteiger partial charge in [0.15, 0.2) is 0 Å². The number of carbonyl (C=O) groups is 1. The number of halogens is 3. The van der Waals surface area contributed by atoms with E-state index in [0.29, 0.717) is 38.2 Å². The molecule has 180 valence electrons. The van der Waals surface area contributed by atoms with Gasteiger partial charge in [0, 0.05) is 55.7 Å². The number of ether oxygens (including phenoxy) is 2. The highest BCUT2D eigenvalue weighted by atomic mass is 19.4. The Bertz CT molecular complexity index is 1200. The molecule has 9 heteroatoms. The van der Waals surface area contributed by atoms with Gasteiger partial charge in [0.25, 0.3) is 0 Å². The summed E-state index contributed by atoms with van der Waals surface area (Å²) in [7, 11) is 1.39. The van der Waals surface area contributed by atoms with Crippen LogP contribution in [0.2, 0.25) is 0 Å². The number of nitrogens with zero attached hydrogens (tertiary/aromatic N) is 3. The minimum atomic E-state index is -4.40. The van der Waals surface area contributed by atoms with Crippen molar-refractivity contribution < 1.29 is 27.4 Å². The third-order valence-electron chi connectivity index (χ3n) is 6.60. The lowest BCUT2D eigenvalue weighted by atomic mass is 9.99. The number of benzene rings is 2. The van der Waals surface area contributed by atoms with E-state index in [1.54, 1.807) is 6.07 Å². The first-order chi connectivity index (χ1) is 16.3. The van der Waals surface area contributed by atoms with Crippen LogP contribution in [0, 0.1) is 5.92 Å². The molecule has 3 heterocycles. The van der Waals surface area contributed by atoms with Crippen LogP contribution >= 0.6 is 0 Å². The quantitative estimate of drug-likeness (QED) is 0.523. The second-order valence-corrected chi connectivity index (χ2v) is 8.79. The largest absolute Gasteiger partial charge is 0.469 e. The average molecular weight is 473 g/mol. The molecular formula is C25H26F3N3O3. The normalized spacial score (nSPS) is 17.7. The van der Waals surface area contributed by atoms with Crippen LogP contribution in [-0.4, -0.2) is 61.9 Å². The predicted molar refractivity (Wildman–Crippen MR) is 122 cm³/mol. The molecule has 0 N–H and O–H groups in total. The zero-order valence-electron chi connectivity index (χ0n) is 18.8. The molecule has 2 aliphatic rings. The summed E-state index contributed by atoms with van der Waals surface area (Å²) in [4.78, 5) is 16.0. The monoisotopic (exact) mass is 473 g/mol. The Morgan fingerprint density at radius 2 is 1.82 bits per heavy atom. The predicted octanol–water partition coefficient (Wildman–Crippen LogP) is 4.09. The molecule has 34 heavy (non-hydrogen) atoms. The molecule has 0 spiro atoms. The van der Waals surface area contributed by atoms with Gasteiger partial charge >= 0.3 is 12.1 Å². The number of morpholine rings is 1. The van der Waals surface area contributed by atoms with Gasteiger partial charge in [-0.15, -0.1) is 0 Å². The smallest absolute Gasteiger partial charge is 0.416 e. The number of carbonyl (C=O) groups excluding carboxylic acids is 1. The second kappa shape index (κ2) is 8.96. The molecule has 2 aliphatic heterocycles. The molecule has 1 aromatic heterocycles. The van der Waals surface area contributed by atoms with Crippen LogP contribution < -0.4 is 4.90 Å². The number of hydrogen-bond acceptors (Lipinski definition) is 5. The average Bonchev–Trinajstić information content (AvgIpc) is 3.16. The van der Waals surface area contributed by atoms with Crippen LogP contribution in [0.3, 0.4) is 0 Å². The van der Waals surface area contributed by atoms with Crippen molar-refractivity contribution in [3.05, 3.63) is 59.8 Å². The Morgan fingerprint density at radius 1 is 1.09 bits per heavy atom. The highest BCUT2D eigenvalue weighted by molar-refractivity contribution is 5.87. The topological polar surface area (TPSA) is 46.9 Å². The zero-order valence-corrected chi connectivity index (χ0v) is 18.8. The van der Waals surface area contributed by atoms with Gasteiger partial charge in [-0.3, -0.25) is 9.69 Å². The molecule has 0 aliphatic carbocycles. The number of esters is 1. The molecule has 2 fully saturated rings. The molecule has 0 unspecified atom stereocenters. The molecule has 3 aromatic rings. The van der Waals surface area contributed by atoms with Crippen molar-refractivity contribution in [3.8, 4) is 5.69 Å². The van der Waals surface area contributed by atoms with Gasteiger partial charge in [-0.25, -0.2) is 0 Å². The van der Waals surface area contributed by atoms with E-state index >= 15 is 0 Å². The highest BCUT2D eigenvalue weighted by Crippen LogP contribution is 2.35. The van der Waals surface area contributed by atoms with Crippen molar-refractivity contribution in [3.63, 3.8) is 0 Å². The first kappa shape index (κ1) is 22.7. The van der Waals surface area contributed by atoms with Gasteiger partial charge in [0.05, 0.1) is 37.3 Å². The summed E-state index contributed by atoms with van der Waals surface area (Å²) in [5.41, 5.74) is 2.75. The van der Waals surface area contributed by atoms with Crippen LogP contribution in [0.5, 0.6) is 0 Å². The van der Waals surface area contributed by atoms with Crippen LogP contribution in [0.1, 0.15) is 11.1 Å². The summed E-state index contributed by atoms with van der Waals surface area (Å²) < 4.78 is 52.6. The molecule has 0 radical (unpaired) electrons. The highest BCUT2D eigenvalue weighted by Gasteiger charge is 2.34. The van der Waals surface area contributed by atoms with Crippen molar-refractivity contribution >= 4 is 22.6 Å². The van der Waals surface area contributed by atoms with Crippen molar-refractivity contribution in [2.75, 3.05) is 51.4 Å². The van der Waals surface area contributed by atoms with Gasteiger partial charge in [-0.05, 0) is 42.0 Å². The zero-order chi connectivity index (χ0) is 23.9. The van der Waals surface area contributed by atoms with Gasteiger partial charge in [-0.2, -0.15) is 13.2 Å². The number of alkyl halides is 3. The lowest BCUT2D eigenvalue weighted by molar-refractivity contribution is -0.146. The van der Waals surface area contributed by atoms with Gasteiger partial charge < -0.3 is 18.9 Å². The van der Waals surface area contributed by atoms with Crippen LogP contribution in [0.25, 0.3) is 16.6 Å². The van der Waals surface area contributed by atoms with E-state index in [1.807, 2.05) is 35.0 Å². The summed E-state index contributed by atoms with van der Waals surface area (Å²) in [5.74, 6) is -0.348. The molecular weight excluding hydrogens is 447 g/mol. The third kappa shape index (κ3) is 4.37. The van der Waals surface area contributed by atoms with E-state index in [-0.39, 0.29) is 11.9 Å². The number of rotatable bonds is 5. The molecule has 0 atom stereocenters. The molecule has 0 bridgehead atoms. The van der Waals surface area contributed by atoms with E-state index in [2.05, 4.69) is 9.80 Å². The number of methoxy groups -OCH3 is 1. The lowest BCUT2D eigenvalue weighted by Gasteiger charge is -2.39. The number of aromatic nitrogens is 1. The Balaban J connectivity index is 1.50. The second-order valence-electron chi connectivity index (χ2n) is 8.79. The minimum absolute atomic E-state index is 0.137. The fourth-order valence-electron chi connectivity index (χ4n) is 4.66. The Kier molecular flexibility index (Phi) is 5.99. The van der Waals surface area contributed by atoms with E-state index in [1.165, 1.54) is 13.2 Å². The Morgan fingerprint density at radius 3 is 2.53 bits per heavy atom. The number of anilines is 1. The maximum Gasteiger partial charge on any atom is 0.416 e. The molecule has 2 saturated heterocycles. The molecule has 0 amide bonds. The summed E-state index contributed by atoms with van der Waals surface area (Å²) in [6, 6.07) is 11.8. The number of hydrogen-bond donors (Lipinski definition) is 0. The van der Waals surface area contributed by atoms with Crippen molar-refractivity contribution in [1.82, 2.24) is 9.47 Å².